The number of nitrogens with zero attached hydrogens (tertiary/aromatic N) is 1. The summed E-state index contributed by atoms with van der Waals surface area (Å²) in [6.07, 6.45) is -0.208. The molecule has 0 bridgehead atoms. The van der Waals surface area contributed by atoms with E-state index in [4.69, 9.17) is 0 Å². The Hall–Kier alpha value is -1.42. The van der Waals surface area contributed by atoms with Crippen LogP contribution in [0.3, 0.4) is 0 Å². The fourth-order valence-electron chi connectivity index (χ4n) is 3.71. The number of rotatable bonds is 3. The number of hydrogen-bond acceptors (Lipinski definition) is 2. The van der Waals surface area contributed by atoms with Crippen LogP contribution in [0.15, 0.2) is 24.3 Å². The van der Waals surface area contributed by atoms with Crippen molar-refractivity contribution in [3.8, 4) is 0 Å². The summed E-state index contributed by atoms with van der Waals surface area (Å²) in [4.78, 5) is 14.1. The van der Waals surface area contributed by atoms with E-state index in [1.807, 2.05) is 11.0 Å². The maximum Gasteiger partial charge on any atom is 0.238 e. The fraction of sp³-hybridized carbons (Fsp3) is 0.588. The predicted octanol–water partition coefficient (Wildman–Crippen LogP) is 2.94. The van der Waals surface area contributed by atoms with Crippen LogP contribution >= 0.6 is 0 Å². The monoisotopic (exact) mass is 290 g/mol. The average Bonchev–Trinajstić information content (AvgIpc) is 2.70. The second-order valence-corrected chi connectivity index (χ2v) is 7.38. The molecule has 1 aliphatic heterocycles. The predicted molar refractivity (Wildman–Crippen MR) is 79.9 cm³/mol. The van der Waals surface area contributed by atoms with Crippen LogP contribution in [0.25, 0.3) is 0 Å². The average molecular weight is 290 g/mol. The molecule has 0 spiro atoms. The van der Waals surface area contributed by atoms with Gasteiger partial charge in [0.25, 0.3) is 0 Å². The van der Waals surface area contributed by atoms with Gasteiger partial charge in [-0.1, -0.05) is 39.8 Å². The van der Waals surface area contributed by atoms with Gasteiger partial charge in [0.2, 0.25) is 5.91 Å². The SMILES string of the molecule is CC1(C)C(CN2C(=O)CNC2c2cccc(F)c2)C1(C)C. The maximum atomic E-state index is 13.4. The molecule has 2 aliphatic rings. The summed E-state index contributed by atoms with van der Waals surface area (Å²) in [5.74, 6) is 0.313. The van der Waals surface area contributed by atoms with E-state index in [1.165, 1.54) is 12.1 Å². The number of hydrogen-bond donors (Lipinski definition) is 1. The Morgan fingerprint density at radius 1 is 1.29 bits per heavy atom. The first kappa shape index (κ1) is 14.5. The molecule has 1 amide bonds. The lowest BCUT2D eigenvalue weighted by Gasteiger charge is -2.25. The largest absolute Gasteiger partial charge is 0.321 e. The Balaban J connectivity index is 1.81. The molecule has 114 valence electrons. The topological polar surface area (TPSA) is 32.3 Å². The highest BCUT2D eigenvalue weighted by Gasteiger charge is 2.65. The van der Waals surface area contributed by atoms with Gasteiger partial charge in [-0.25, -0.2) is 4.39 Å². The highest BCUT2D eigenvalue weighted by Crippen LogP contribution is 2.68. The van der Waals surface area contributed by atoms with Crippen molar-refractivity contribution < 1.29 is 9.18 Å². The summed E-state index contributed by atoms with van der Waals surface area (Å²) in [6, 6.07) is 6.50. The van der Waals surface area contributed by atoms with Crippen LogP contribution in [0.2, 0.25) is 0 Å². The van der Waals surface area contributed by atoms with Gasteiger partial charge in [0.05, 0.1) is 6.54 Å². The zero-order valence-electron chi connectivity index (χ0n) is 13.1. The standard InChI is InChI=1S/C17H23FN2O/c1-16(2)13(17(16,3)4)10-20-14(21)9-19-15(20)11-6-5-7-12(18)8-11/h5-8,13,15,19H,9-10H2,1-4H3. The van der Waals surface area contributed by atoms with E-state index >= 15 is 0 Å². The van der Waals surface area contributed by atoms with Crippen molar-refractivity contribution in [2.75, 3.05) is 13.1 Å². The summed E-state index contributed by atoms with van der Waals surface area (Å²) in [6.45, 7) is 10.1. The molecule has 0 aromatic heterocycles. The van der Waals surface area contributed by atoms with Gasteiger partial charge < -0.3 is 4.90 Å². The van der Waals surface area contributed by atoms with Gasteiger partial charge in [-0.05, 0) is 34.4 Å². The third kappa shape index (κ3) is 2.16. The minimum Gasteiger partial charge on any atom is -0.321 e. The molecule has 1 aromatic rings. The highest BCUT2D eigenvalue weighted by molar-refractivity contribution is 5.81. The molecule has 4 heteroatoms. The van der Waals surface area contributed by atoms with Crippen LogP contribution in [-0.4, -0.2) is 23.9 Å². The molecule has 1 heterocycles. The van der Waals surface area contributed by atoms with E-state index < -0.39 is 0 Å². The quantitative estimate of drug-likeness (QED) is 0.928. The molecular formula is C17H23FN2O. The van der Waals surface area contributed by atoms with Crippen molar-refractivity contribution >= 4 is 5.91 Å². The molecule has 0 radical (unpaired) electrons. The third-order valence-corrected chi connectivity index (χ3v) is 5.94. The van der Waals surface area contributed by atoms with Gasteiger partial charge in [0.15, 0.2) is 0 Å². The first-order valence-electron chi connectivity index (χ1n) is 7.53. The van der Waals surface area contributed by atoms with Crippen molar-refractivity contribution in [2.24, 2.45) is 16.7 Å². The zero-order valence-corrected chi connectivity index (χ0v) is 13.1. The normalized spacial score (nSPS) is 27.2. The lowest BCUT2D eigenvalue weighted by Crippen LogP contribution is -2.33. The third-order valence-electron chi connectivity index (χ3n) is 5.94. The van der Waals surface area contributed by atoms with E-state index in [0.717, 1.165) is 12.1 Å². The molecule has 2 fully saturated rings. The maximum absolute atomic E-state index is 13.4. The summed E-state index contributed by atoms with van der Waals surface area (Å²) in [5, 5.41) is 3.20. The first-order valence-corrected chi connectivity index (χ1v) is 7.53. The van der Waals surface area contributed by atoms with E-state index in [-0.39, 0.29) is 28.7 Å². The van der Waals surface area contributed by atoms with Crippen LogP contribution in [0.4, 0.5) is 4.39 Å². The Morgan fingerprint density at radius 2 is 1.95 bits per heavy atom. The van der Waals surface area contributed by atoms with E-state index in [2.05, 4.69) is 33.0 Å². The minimum absolute atomic E-state index is 0.0998. The van der Waals surface area contributed by atoms with Crippen LogP contribution in [-0.2, 0) is 4.79 Å². The number of carbonyl (C=O) groups is 1. The van der Waals surface area contributed by atoms with Crippen LogP contribution in [0, 0.1) is 22.6 Å². The summed E-state index contributed by atoms with van der Waals surface area (Å²) in [7, 11) is 0. The molecule has 1 aromatic carbocycles. The summed E-state index contributed by atoms with van der Waals surface area (Å²) >= 11 is 0. The van der Waals surface area contributed by atoms with Gasteiger partial charge in [-0.3, -0.25) is 10.1 Å². The fourth-order valence-corrected chi connectivity index (χ4v) is 3.71. The van der Waals surface area contributed by atoms with E-state index in [1.54, 1.807) is 6.07 Å². The van der Waals surface area contributed by atoms with Crippen molar-refractivity contribution in [2.45, 2.75) is 33.9 Å². The molecule has 1 aliphatic carbocycles. The molecule has 1 N–H and O–H groups in total. The van der Waals surface area contributed by atoms with Crippen LogP contribution in [0.5, 0.6) is 0 Å². The van der Waals surface area contributed by atoms with Gasteiger partial charge in [-0.15, -0.1) is 0 Å². The Morgan fingerprint density at radius 3 is 2.52 bits per heavy atom. The first-order chi connectivity index (χ1) is 9.75. The zero-order chi connectivity index (χ0) is 15.4. The number of benzene rings is 1. The molecule has 1 saturated carbocycles. The lowest BCUT2D eigenvalue weighted by atomic mass is 10.0. The second kappa shape index (κ2) is 4.54. The number of carbonyl (C=O) groups excluding carboxylic acids is 1. The molecule has 1 atom stereocenters. The summed E-state index contributed by atoms with van der Waals surface area (Å²) in [5.41, 5.74) is 1.29. The molecule has 1 unspecified atom stereocenters. The van der Waals surface area contributed by atoms with Crippen molar-refractivity contribution in [3.05, 3.63) is 35.6 Å². The molecule has 3 nitrogen and oxygen atoms in total. The van der Waals surface area contributed by atoms with Crippen molar-refractivity contribution in [1.29, 1.82) is 0 Å². The molecular weight excluding hydrogens is 267 g/mol. The van der Waals surface area contributed by atoms with Gasteiger partial charge in [0.1, 0.15) is 12.0 Å². The number of halogens is 1. The van der Waals surface area contributed by atoms with Crippen LogP contribution < -0.4 is 5.32 Å². The lowest BCUT2D eigenvalue weighted by molar-refractivity contribution is -0.128. The van der Waals surface area contributed by atoms with E-state index in [9.17, 15) is 9.18 Å². The molecule has 21 heavy (non-hydrogen) atoms. The van der Waals surface area contributed by atoms with Gasteiger partial charge in [-0.2, -0.15) is 0 Å². The highest BCUT2D eigenvalue weighted by atomic mass is 19.1. The second-order valence-electron chi connectivity index (χ2n) is 7.38. The van der Waals surface area contributed by atoms with Crippen LogP contribution in [0.1, 0.15) is 39.4 Å². The number of nitrogens with one attached hydrogen (secondary N) is 1. The molecule has 3 rings (SSSR count). The Kier molecular flexibility index (Phi) is 3.14. The van der Waals surface area contributed by atoms with Gasteiger partial charge >= 0.3 is 0 Å². The smallest absolute Gasteiger partial charge is 0.238 e. The Labute approximate surface area is 125 Å². The van der Waals surface area contributed by atoms with Crippen molar-refractivity contribution in [1.82, 2.24) is 10.2 Å². The molecule has 1 saturated heterocycles. The Bertz CT molecular complexity index is 568. The van der Waals surface area contributed by atoms with E-state index in [0.29, 0.717) is 12.5 Å². The number of amides is 1. The van der Waals surface area contributed by atoms with Crippen molar-refractivity contribution in [3.63, 3.8) is 0 Å². The van der Waals surface area contributed by atoms with Gasteiger partial charge in [0, 0.05) is 6.54 Å². The minimum atomic E-state index is -0.263. The summed E-state index contributed by atoms with van der Waals surface area (Å²) < 4.78 is 13.4.